The Morgan fingerprint density at radius 1 is 1.26 bits per heavy atom. The van der Waals surface area contributed by atoms with Crippen molar-refractivity contribution in [3.05, 3.63) is 11.5 Å². The Morgan fingerprint density at radius 3 is 2.48 bits per heavy atom. The van der Waals surface area contributed by atoms with Crippen LogP contribution >= 0.6 is 0 Å². The zero-order chi connectivity index (χ0) is 17.5. The van der Waals surface area contributed by atoms with E-state index in [-0.39, 0.29) is 30.5 Å². The number of unbranched alkanes of at least 4 members (excludes halogenated alkanes) is 3. The first-order chi connectivity index (χ1) is 10.9. The van der Waals surface area contributed by atoms with Gasteiger partial charge in [-0.1, -0.05) is 40.0 Å². The van der Waals surface area contributed by atoms with Gasteiger partial charge in [0.15, 0.2) is 0 Å². The molecule has 0 saturated carbocycles. The molecule has 1 aliphatic heterocycles. The lowest BCUT2D eigenvalue weighted by Gasteiger charge is -2.33. The monoisotopic (exact) mass is 332 g/mol. The molecule has 7 nitrogen and oxygen atoms in total. The van der Waals surface area contributed by atoms with Gasteiger partial charge >= 0.3 is 5.97 Å². The van der Waals surface area contributed by atoms with Gasteiger partial charge in [-0.3, -0.25) is 0 Å². The zero-order valence-corrected chi connectivity index (χ0v) is 14.1. The van der Waals surface area contributed by atoms with Crippen molar-refractivity contribution in [1.29, 1.82) is 0 Å². The molecule has 0 amide bonds. The largest absolute Gasteiger partial charge is 0.484 e. The van der Waals surface area contributed by atoms with Gasteiger partial charge in [-0.25, -0.2) is 10.1 Å². The van der Waals surface area contributed by atoms with Crippen LogP contribution in [0.15, 0.2) is 11.5 Å². The van der Waals surface area contributed by atoms with Crippen molar-refractivity contribution in [1.82, 2.24) is 0 Å². The number of hydrogen-bond donors (Lipinski definition) is 3. The second-order valence-electron chi connectivity index (χ2n) is 6.23. The summed E-state index contributed by atoms with van der Waals surface area (Å²) in [7, 11) is 0. The minimum absolute atomic E-state index is 0.0121. The minimum Gasteiger partial charge on any atom is -0.484 e. The second kappa shape index (κ2) is 9.10. The Hall–Kier alpha value is -1.31. The molecular formula is C16H28O7. The molecule has 0 fully saturated rings. The average molecular weight is 332 g/mol. The van der Waals surface area contributed by atoms with Gasteiger partial charge in [-0.2, -0.15) is 0 Å². The van der Waals surface area contributed by atoms with Crippen molar-refractivity contribution in [2.45, 2.75) is 64.6 Å². The number of carbonyl (C=O) groups excluding carboxylic acids is 1. The van der Waals surface area contributed by atoms with Crippen LogP contribution in [0.4, 0.5) is 0 Å². The van der Waals surface area contributed by atoms with Gasteiger partial charge in [-0.15, -0.1) is 0 Å². The maximum atomic E-state index is 12.1. The molecule has 134 valence electrons. The molecule has 0 aromatic rings. The summed E-state index contributed by atoms with van der Waals surface area (Å²) in [6.07, 6.45) is 2.62. The van der Waals surface area contributed by atoms with Gasteiger partial charge in [0, 0.05) is 0 Å². The molecular weight excluding hydrogens is 304 g/mol. The molecule has 0 radical (unpaired) electrons. The predicted molar refractivity (Wildman–Crippen MR) is 82.2 cm³/mol. The quantitative estimate of drug-likeness (QED) is 0.230. The molecule has 0 aromatic carbocycles. The maximum absolute atomic E-state index is 12.1. The summed E-state index contributed by atoms with van der Waals surface area (Å²) in [5.41, 5.74) is -1.63. The highest BCUT2D eigenvalue weighted by Crippen LogP contribution is 2.41. The average Bonchev–Trinajstić information content (AvgIpc) is 2.77. The Balaban J connectivity index is 2.97. The normalized spacial score (nSPS) is 22.5. The molecule has 23 heavy (non-hydrogen) atoms. The third-order valence-electron chi connectivity index (χ3n) is 3.81. The fourth-order valence-electron chi connectivity index (χ4n) is 2.73. The van der Waals surface area contributed by atoms with Crippen LogP contribution < -0.4 is 0 Å². The van der Waals surface area contributed by atoms with E-state index >= 15 is 0 Å². The summed E-state index contributed by atoms with van der Waals surface area (Å²) in [4.78, 5) is 16.4. The van der Waals surface area contributed by atoms with E-state index in [0.29, 0.717) is 0 Å². The van der Waals surface area contributed by atoms with Gasteiger partial charge in [0.05, 0.1) is 13.2 Å². The first kappa shape index (κ1) is 19.7. The standard InChI is InChI=1S/C16H28O7/c1-4-5-6-7-8-21-13-14(23-20)16(9-11(2)3,12(18)10-17)22-15(13)19/h11-12,17-18,20H,4-10H2,1-3H3/t12-,16+/m0/s1. The van der Waals surface area contributed by atoms with E-state index in [2.05, 4.69) is 11.8 Å². The second-order valence-corrected chi connectivity index (χ2v) is 6.23. The third kappa shape index (κ3) is 4.59. The van der Waals surface area contributed by atoms with E-state index in [1.165, 1.54) is 0 Å². The Kier molecular flexibility index (Phi) is 7.81. The van der Waals surface area contributed by atoms with Gasteiger partial charge in [0.25, 0.3) is 5.76 Å². The molecule has 1 aliphatic rings. The molecule has 7 heteroatoms. The highest BCUT2D eigenvalue weighted by molar-refractivity contribution is 5.90. The van der Waals surface area contributed by atoms with E-state index in [1.807, 2.05) is 13.8 Å². The molecule has 1 rings (SSSR count). The lowest BCUT2D eigenvalue weighted by Crippen LogP contribution is -2.48. The fourth-order valence-corrected chi connectivity index (χ4v) is 2.73. The molecule has 0 unspecified atom stereocenters. The summed E-state index contributed by atoms with van der Waals surface area (Å²) in [5.74, 6) is -1.30. The topological polar surface area (TPSA) is 105 Å². The Bertz CT molecular complexity index is 419. The van der Waals surface area contributed by atoms with Crippen molar-refractivity contribution in [2.24, 2.45) is 5.92 Å². The summed E-state index contributed by atoms with van der Waals surface area (Å²) in [6.45, 7) is 5.45. The van der Waals surface area contributed by atoms with Gasteiger partial charge in [0.2, 0.25) is 11.4 Å². The Morgan fingerprint density at radius 2 is 1.96 bits per heavy atom. The molecule has 0 aromatic heterocycles. The van der Waals surface area contributed by atoms with Crippen LogP contribution in [0.1, 0.15) is 52.9 Å². The minimum atomic E-state index is -1.63. The van der Waals surface area contributed by atoms with Crippen LogP contribution in [0, 0.1) is 5.92 Å². The Labute approximate surface area is 136 Å². The number of esters is 1. The summed E-state index contributed by atoms with van der Waals surface area (Å²) < 4.78 is 10.7. The lowest BCUT2D eigenvalue weighted by atomic mass is 9.86. The number of carbonyl (C=O) groups is 1. The van der Waals surface area contributed by atoms with Crippen LogP contribution in [0.2, 0.25) is 0 Å². The first-order valence-corrected chi connectivity index (χ1v) is 8.14. The molecule has 0 aliphatic carbocycles. The number of aliphatic hydroxyl groups is 2. The van der Waals surface area contributed by atoms with Crippen LogP contribution in [0.25, 0.3) is 0 Å². The number of aliphatic hydroxyl groups excluding tert-OH is 2. The van der Waals surface area contributed by atoms with Crippen LogP contribution in [0.5, 0.6) is 0 Å². The van der Waals surface area contributed by atoms with Crippen LogP contribution in [0.3, 0.4) is 0 Å². The highest BCUT2D eigenvalue weighted by atomic mass is 17.1. The molecule has 2 atom stereocenters. The lowest BCUT2D eigenvalue weighted by molar-refractivity contribution is -0.241. The van der Waals surface area contributed by atoms with E-state index in [9.17, 15) is 20.3 Å². The van der Waals surface area contributed by atoms with Crippen molar-refractivity contribution >= 4 is 5.97 Å². The third-order valence-corrected chi connectivity index (χ3v) is 3.81. The van der Waals surface area contributed by atoms with E-state index in [1.54, 1.807) is 0 Å². The molecule has 3 N–H and O–H groups in total. The highest BCUT2D eigenvalue weighted by Gasteiger charge is 2.56. The smallest absolute Gasteiger partial charge is 0.378 e. The van der Waals surface area contributed by atoms with Gasteiger partial charge in [-0.05, 0) is 18.8 Å². The van der Waals surface area contributed by atoms with Crippen LogP contribution in [-0.2, 0) is 19.2 Å². The molecule has 0 spiro atoms. The van der Waals surface area contributed by atoms with E-state index < -0.39 is 24.3 Å². The number of rotatable bonds is 11. The summed E-state index contributed by atoms with van der Waals surface area (Å²) >= 11 is 0. The first-order valence-electron chi connectivity index (χ1n) is 8.14. The SMILES string of the molecule is CCCCCCOC1=C(OO)[C@@](CC(C)C)([C@@H](O)CO)OC1=O. The molecule has 0 saturated heterocycles. The van der Waals surface area contributed by atoms with Crippen LogP contribution in [-0.4, -0.2) is 46.4 Å². The maximum Gasteiger partial charge on any atom is 0.378 e. The fraction of sp³-hybridized carbons (Fsp3) is 0.812. The van der Waals surface area contributed by atoms with Crippen molar-refractivity contribution in [3.8, 4) is 0 Å². The molecule has 0 bridgehead atoms. The summed E-state index contributed by atoms with van der Waals surface area (Å²) in [5, 5.41) is 28.6. The number of hydrogen-bond acceptors (Lipinski definition) is 7. The summed E-state index contributed by atoms with van der Waals surface area (Å²) in [6, 6.07) is 0. The van der Waals surface area contributed by atoms with E-state index in [0.717, 1.165) is 25.7 Å². The number of ether oxygens (including phenoxy) is 2. The van der Waals surface area contributed by atoms with Gasteiger partial charge < -0.3 is 24.6 Å². The van der Waals surface area contributed by atoms with Gasteiger partial charge in [0.1, 0.15) is 6.10 Å². The predicted octanol–water partition coefficient (Wildman–Crippen LogP) is 1.98. The number of cyclic esters (lactones) is 1. The van der Waals surface area contributed by atoms with Crippen molar-refractivity contribution in [3.63, 3.8) is 0 Å². The molecule has 1 heterocycles. The van der Waals surface area contributed by atoms with E-state index in [4.69, 9.17) is 9.47 Å². The van der Waals surface area contributed by atoms with Crippen molar-refractivity contribution in [2.75, 3.05) is 13.2 Å². The zero-order valence-electron chi connectivity index (χ0n) is 14.1. The van der Waals surface area contributed by atoms with Crippen molar-refractivity contribution < 1.29 is 34.6 Å².